The number of nitrogens with zero attached hydrogens (tertiary/aromatic N) is 1. The van der Waals surface area contributed by atoms with Crippen molar-refractivity contribution in [2.24, 2.45) is 0 Å². The normalized spacial score (nSPS) is 10.7. The molecule has 3 aromatic rings. The summed E-state index contributed by atoms with van der Waals surface area (Å²) in [6, 6.07) is 12.5. The third-order valence-electron chi connectivity index (χ3n) is 3.06. The number of para-hydroxylation sites is 1. The van der Waals surface area contributed by atoms with Gasteiger partial charge < -0.3 is 4.42 Å². The summed E-state index contributed by atoms with van der Waals surface area (Å²) in [5.74, 6) is 0.183. The molecule has 104 valence electrons. The highest BCUT2D eigenvalue weighted by molar-refractivity contribution is 9.10. The smallest absolute Gasteiger partial charge is 0.280 e. The largest absolute Gasteiger partial charge is 0.456 e. The highest BCUT2D eigenvalue weighted by atomic mass is 79.9. The van der Waals surface area contributed by atoms with Gasteiger partial charge in [0.15, 0.2) is 5.43 Å². The van der Waals surface area contributed by atoms with Crippen molar-refractivity contribution in [2.45, 2.75) is 0 Å². The van der Waals surface area contributed by atoms with E-state index < -0.39 is 4.92 Å². The van der Waals surface area contributed by atoms with E-state index in [9.17, 15) is 14.9 Å². The van der Waals surface area contributed by atoms with Crippen molar-refractivity contribution in [1.29, 1.82) is 0 Å². The molecule has 1 heterocycles. The molecule has 3 rings (SSSR count). The van der Waals surface area contributed by atoms with Gasteiger partial charge in [-0.05, 0) is 24.3 Å². The molecule has 2 aromatic carbocycles. The monoisotopic (exact) mass is 345 g/mol. The first-order valence-electron chi connectivity index (χ1n) is 6.03. The molecular weight excluding hydrogens is 338 g/mol. The van der Waals surface area contributed by atoms with E-state index in [0.29, 0.717) is 11.0 Å². The van der Waals surface area contributed by atoms with Gasteiger partial charge in [0.2, 0.25) is 0 Å². The molecule has 0 aliphatic rings. The van der Waals surface area contributed by atoms with E-state index in [1.807, 2.05) is 0 Å². The van der Waals surface area contributed by atoms with Crippen LogP contribution in [0.4, 0.5) is 5.69 Å². The van der Waals surface area contributed by atoms with E-state index in [1.54, 1.807) is 36.4 Å². The Labute approximate surface area is 127 Å². The maximum Gasteiger partial charge on any atom is 0.280 e. The lowest BCUT2D eigenvalue weighted by atomic mass is 10.1. The number of hydrogen-bond acceptors (Lipinski definition) is 4. The Balaban J connectivity index is 2.30. The highest BCUT2D eigenvalue weighted by Gasteiger charge is 2.17. The Hall–Kier alpha value is -2.47. The van der Waals surface area contributed by atoms with Crippen molar-refractivity contribution >= 4 is 32.6 Å². The predicted octanol–water partition coefficient (Wildman–Crippen LogP) is 4.13. The number of nitro groups is 1. The highest BCUT2D eigenvalue weighted by Crippen LogP contribution is 2.30. The Morgan fingerprint density at radius 1 is 1.10 bits per heavy atom. The van der Waals surface area contributed by atoms with E-state index in [0.717, 1.165) is 4.47 Å². The van der Waals surface area contributed by atoms with Gasteiger partial charge in [0.1, 0.15) is 11.3 Å². The number of nitro benzene ring substituents is 1. The van der Waals surface area contributed by atoms with Crippen LogP contribution >= 0.6 is 15.9 Å². The van der Waals surface area contributed by atoms with E-state index in [2.05, 4.69) is 15.9 Å². The molecule has 1 aromatic heterocycles. The third kappa shape index (κ3) is 2.45. The van der Waals surface area contributed by atoms with Gasteiger partial charge in [-0.1, -0.05) is 28.1 Å². The zero-order valence-corrected chi connectivity index (χ0v) is 12.2. The summed E-state index contributed by atoms with van der Waals surface area (Å²) in [5, 5.41) is 11.5. The molecule has 0 spiro atoms. The van der Waals surface area contributed by atoms with Gasteiger partial charge in [0.25, 0.3) is 5.69 Å². The standard InChI is InChI=1S/C15H8BrNO4/c16-9-5-6-14-11(7-9)13(18)8-15(21-14)10-3-1-2-4-12(10)17(19)20/h1-8H. The van der Waals surface area contributed by atoms with E-state index in [4.69, 9.17) is 4.42 Å². The Morgan fingerprint density at radius 3 is 2.62 bits per heavy atom. The molecule has 0 N–H and O–H groups in total. The van der Waals surface area contributed by atoms with Crippen molar-refractivity contribution in [3.8, 4) is 11.3 Å². The summed E-state index contributed by atoms with van der Waals surface area (Å²) in [7, 11) is 0. The molecule has 0 unspecified atom stereocenters. The van der Waals surface area contributed by atoms with Crippen LogP contribution in [-0.4, -0.2) is 4.92 Å². The van der Waals surface area contributed by atoms with Gasteiger partial charge in [0, 0.05) is 16.6 Å². The van der Waals surface area contributed by atoms with E-state index in [-0.39, 0.29) is 22.4 Å². The first kappa shape index (κ1) is 13.5. The van der Waals surface area contributed by atoms with Gasteiger partial charge in [-0.3, -0.25) is 14.9 Å². The summed E-state index contributed by atoms with van der Waals surface area (Å²) in [4.78, 5) is 22.7. The number of halogens is 1. The first-order valence-corrected chi connectivity index (χ1v) is 6.83. The van der Waals surface area contributed by atoms with Crippen molar-refractivity contribution in [1.82, 2.24) is 0 Å². The quantitative estimate of drug-likeness (QED) is 0.517. The van der Waals surface area contributed by atoms with Gasteiger partial charge in [-0.15, -0.1) is 0 Å². The first-order chi connectivity index (χ1) is 10.1. The summed E-state index contributed by atoms with van der Waals surface area (Å²) >= 11 is 3.29. The second kappa shape index (κ2) is 5.14. The number of benzene rings is 2. The van der Waals surface area contributed by atoms with Crippen molar-refractivity contribution < 1.29 is 9.34 Å². The molecule has 0 amide bonds. The molecule has 0 bridgehead atoms. The van der Waals surface area contributed by atoms with Crippen molar-refractivity contribution in [2.75, 3.05) is 0 Å². The molecule has 0 aliphatic heterocycles. The summed E-state index contributed by atoms with van der Waals surface area (Å²) in [6.45, 7) is 0. The van der Waals surface area contributed by atoms with Crippen molar-refractivity contribution in [3.05, 3.63) is 73.3 Å². The fourth-order valence-electron chi connectivity index (χ4n) is 2.10. The summed E-state index contributed by atoms with van der Waals surface area (Å²) in [6.07, 6.45) is 0. The minimum atomic E-state index is -0.499. The molecule has 0 fully saturated rings. The van der Waals surface area contributed by atoms with Crippen LogP contribution in [0.1, 0.15) is 0 Å². The Kier molecular flexibility index (Phi) is 3.31. The van der Waals surface area contributed by atoms with Crippen LogP contribution in [0.25, 0.3) is 22.3 Å². The SMILES string of the molecule is O=c1cc(-c2ccccc2[N+](=O)[O-])oc2ccc(Br)cc12. The third-order valence-corrected chi connectivity index (χ3v) is 3.55. The lowest BCUT2D eigenvalue weighted by molar-refractivity contribution is -0.384. The van der Waals surface area contributed by atoms with Crippen molar-refractivity contribution in [3.63, 3.8) is 0 Å². The summed E-state index contributed by atoms with van der Waals surface area (Å²) < 4.78 is 6.41. The van der Waals surface area contributed by atoms with Crippen LogP contribution in [0.5, 0.6) is 0 Å². The maximum absolute atomic E-state index is 12.2. The minimum absolute atomic E-state index is 0.0999. The van der Waals surface area contributed by atoms with E-state index in [1.165, 1.54) is 12.1 Å². The molecule has 0 atom stereocenters. The average Bonchev–Trinajstić information content (AvgIpc) is 2.47. The molecule has 0 saturated carbocycles. The topological polar surface area (TPSA) is 73.3 Å². The molecule has 5 nitrogen and oxygen atoms in total. The van der Waals surface area contributed by atoms with Gasteiger partial charge in [0.05, 0.1) is 15.9 Å². The van der Waals surface area contributed by atoms with Crippen LogP contribution in [0.15, 0.2) is 62.2 Å². The fraction of sp³-hybridized carbons (Fsp3) is 0. The van der Waals surface area contributed by atoms with Crippen LogP contribution in [0, 0.1) is 10.1 Å². The maximum atomic E-state index is 12.2. The molecule has 21 heavy (non-hydrogen) atoms. The number of fused-ring (bicyclic) bond motifs is 1. The summed E-state index contributed by atoms with van der Waals surface area (Å²) in [5.41, 5.74) is 0.325. The minimum Gasteiger partial charge on any atom is -0.456 e. The van der Waals surface area contributed by atoms with Gasteiger partial charge >= 0.3 is 0 Å². The Morgan fingerprint density at radius 2 is 1.86 bits per heavy atom. The van der Waals surface area contributed by atoms with Gasteiger partial charge in [-0.2, -0.15) is 0 Å². The number of hydrogen-bond donors (Lipinski definition) is 0. The van der Waals surface area contributed by atoms with Crippen LogP contribution in [-0.2, 0) is 0 Å². The Bertz CT molecular complexity index is 917. The molecule has 0 radical (unpaired) electrons. The molecule has 0 aliphatic carbocycles. The lowest BCUT2D eigenvalue weighted by Crippen LogP contribution is -2.01. The molecular formula is C15H8BrNO4. The molecule has 0 saturated heterocycles. The fourth-order valence-corrected chi connectivity index (χ4v) is 2.46. The number of rotatable bonds is 2. The van der Waals surface area contributed by atoms with Crippen LogP contribution < -0.4 is 5.43 Å². The zero-order chi connectivity index (χ0) is 15.0. The second-order valence-corrected chi connectivity index (χ2v) is 5.31. The second-order valence-electron chi connectivity index (χ2n) is 4.39. The zero-order valence-electron chi connectivity index (χ0n) is 10.6. The predicted molar refractivity (Wildman–Crippen MR) is 82.3 cm³/mol. The van der Waals surface area contributed by atoms with E-state index >= 15 is 0 Å². The lowest BCUT2D eigenvalue weighted by Gasteiger charge is -2.04. The van der Waals surface area contributed by atoms with Crippen LogP contribution in [0.2, 0.25) is 0 Å². The van der Waals surface area contributed by atoms with Gasteiger partial charge in [-0.25, -0.2) is 0 Å². The molecule has 6 heteroatoms. The average molecular weight is 346 g/mol. The van der Waals surface area contributed by atoms with Crippen LogP contribution in [0.3, 0.4) is 0 Å².